The Morgan fingerprint density at radius 2 is 2.57 bits per heavy atom. The third-order valence-electron chi connectivity index (χ3n) is 2.13. The predicted octanol–water partition coefficient (Wildman–Crippen LogP) is 1.90. The van der Waals surface area contributed by atoms with Crippen molar-refractivity contribution >= 4 is 15.9 Å². The molecule has 1 aliphatic rings. The molecule has 0 saturated carbocycles. The topological polar surface area (TPSA) is 75.8 Å². The summed E-state index contributed by atoms with van der Waals surface area (Å²) in [5.41, 5.74) is 8.36. The molecule has 1 saturated heterocycles. The summed E-state index contributed by atoms with van der Waals surface area (Å²) in [6, 6.07) is -0.149. The summed E-state index contributed by atoms with van der Waals surface area (Å²) in [4.78, 5) is 2.79. The van der Waals surface area contributed by atoms with Crippen LogP contribution in [0.5, 0.6) is 0 Å². The molecule has 14 heavy (non-hydrogen) atoms. The fourth-order valence-electron chi connectivity index (χ4n) is 1.46. The van der Waals surface area contributed by atoms with Gasteiger partial charge in [-0.1, -0.05) is 5.11 Å². The molecule has 1 aromatic heterocycles. The van der Waals surface area contributed by atoms with Gasteiger partial charge >= 0.3 is 0 Å². The third kappa shape index (κ3) is 1.75. The molecule has 2 heterocycles. The number of halogens is 1. The van der Waals surface area contributed by atoms with E-state index < -0.39 is 0 Å². The van der Waals surface area contributed by atoms with Crippen LogP contribution in [-0.4, -0.2) is 29.0 Å². The summed E-state index contributed by atoms with van der Waals surface area (Å²) in [6.07, 6.45) is 3.55. The number of aromatic nitrogens is 2. The van der Waals surface area contributed by atoms with Crippen LogP contribution in [0.25, 0.3) is 10.4 Å². The highest BCUT2D eigenvalue weighted by atomic mass is 79.9. The van der Waals surface area contributed by atoms with E-state index in [1.54, 1.807) is 10.9 Å². The predicted molar refractivity (Wildman–Crippen MR) is 52.7 cm³/mol. The number of nitrogens with zero attached hydrogens (tertiary/aromatic N) is 5. The van der Waals surface area contributed by atoms with Gasteiger partial charge in [0.05, 0.1) is 36.0 Å². The lowest BCUT2D eigenvalue weighted by atomic mass is 10.2. The molecule has 0 radical (unpaired) electrons. The Hall–Kier alpha value is -1.04. The van der Waals surface area contributed by atoms with Gasteiger partial charge in [0.2, 0.25) is 0 Å². The Balaban J connectivity index is 2.21. The van der Waals surface area contributed by atoms with Crippen molar-refractivity contribution in [1.82, 2.24) is 9.78 Å². The summed E-state index contributed by atoms with van der Waals surface area (Å²) >= 11 is 3.31. The molecule has 0 amide bonds. The summed E-state index contributed by atoms with van der Waals surface area (Å²) in [6.45, 7) is 1.00. The first-order valence-electron chi connectivity index (χ1n) is 4.13. The zero-order valence-electron chi connectivity index (χ0n) is 7.25. The average molecular weight is 258 g/mol. The molecule has 7 heteroatoms. The maximum atomic E-state index is 8.36. The van der Waals surface area contributed by atoms with Gasteiger partial charge in [-0.3, -0.25) is 4.68 Å². The molecule has 6 nitrogen and oxygen atoms in total. The SMILES string of the molecule is [N-]=[N+]=N[C@H]1COC[C@H]1n1cc(Br)cn1. The first-order valence-corrected chi connectivity index (χ1v) is 4.92. The summed E-state index contributed by atoms with van der Waals surface area (Å²) in [7, 11) is 0. The lowest BCUT2D eigenvalue weighted by Crippen LogP contribution is -2.20. The van der Waals surface area contributed by atoms with Gasteiger partial charge in [0.15, 0.2) is 0 Å². The van der Waals surface area contributed by atoms with Gasteiger partial charge in [-0.05, 0) is 21.5 Å². The van der Waals surface area contributed by atoms with E-state index in [-0.39, 0.29) is 12.1 Å². The standard InChI is InChI=1S/C7H8BrN5O/c8-5-1-10-13(2-5)7-4-14-3-6(7)11-12-9/h1-2,6-7H,3-4H2/t6-,7+/m0/s1. The van der Waals surface area contributed by atoms with Crippen LogP contribution in [0.1, 0.15) is 6.04 Å². The van der Waals surface area contributed by atoms with Crippen LogP contribution in [0.2, 0.25) is 0 Å². The van der Waals surface area contributed by atoms with Crippen molar-refractivity contribution in [3.63, 3.8) is 0 Å². The normalized spacial score (nSPS) is 26.1. The lowest BCUT2D eigenvalue weighted by Gasteiger charge is -2.12. The molecule has 74 valence electrons. The van der Waals surface area contributed by atoms with Gasteiger partial charge < -0.3 is 4.74 Å². The van der Waals surface area contributed by atoms with E-state index in [2.05, 4.69) is 31.1 Å². The minimum atomic E-state index is -0.160. The molecule has 0 aromatic carbocycles. The van der Waals surface area contributed by atoms with Crippen LogP contribution in [0.3, 0.4) is 0 Å². The smallest absolute Gasteiger partial charge is 0.0859 e. The zero-order chi connectivity index (χ0) is 9.97. The molecule has 1 aromatic rings. The van der Waals surface area contributed by atoms with E-state index in [9.17, 15) is 0 Å². The van der Waals surface area contributed by atoms with Crippen molar-refractivity contribution in [2.45, 2.75) is 12.1 Å². The van der Waals surface area contributed by atoms with Crippen molar-refractivity contribution in [3.05, 3.63) is 27.3 Å². The van der Waals surface area contributed by atoms with E-state index >= 15 is 0 Å². The Morgan fingerprint density at radius 3 is 3.21 bits per heavy atom. The van der Waals surface area contributed by atoms with Gasteiger partial charge in [-0.15, -0.1) is 0 Å². The van der Waals surface area contributed by atoms with Crippen LogP contribution >= 0.6 is 15.9 Å². The number of ether oxygens (including phenoxy) is 1. The monoisotopic (exact) mass is 257 g/mol. The first-order chi connectivity index (χ1) is 6.81. The summed E-state index contributed by atoms with van der Waals surface area (Å²) in [5, 5.41) is 7.81. The molecule has 1 fully saturated rings. The summed E-state index contributed by atoms with van der Waals surface area (Å²) < 4.78 is 7.91. The van der Waals surface area contributed by atoms with Crippen molar-refractivity contribution in [3.8, 4) is 0 Å². The minimum absolute atomic E-state index is 0.0113. The van der Waals surface area contributed by atoms with Gasteiger partial charge in [0.1, 0.15) is 0 Å². The Morgan fingerprint density at radius 1 is 1.71 bits per heavy atom. The van der Waals surface area contributed by atoms with E-state index in [0.29, 0.717) is 13.2 Å². The molecule has 0 unspecified atom stereocenters. The molecule has 0 spiro atoms. The van der Waals surface area contributed by atoms with E-state index in [1.807, 2.05) is 6.20 Å². The highest BCUT2D eigenvalue weighted by molar-refractivity contribution is 9.10. The van der Waals surface area contributed by atoms with Gasteiger partial charge in [-0.2, -0.15) is 5.10 Å². The van der Waals surface area contributed by atoms with Crippen molar-refractivity contribution < 1.29 is 4.74 Å². The van der Waals surface area contributed by atoms with Crippen molar-refractivity contribution in [1.29, 1.82) is 0 Å². The van der Waals surface area contributed by atoms with Crippen LogP contribution in [0, 0.1) is 0 Å². The highest BCUT2D eigenvalue weighted by Crippen LogP contribution is 2.23. The zero-order valence-corrected chi connectivity index (χ0v) is 8.83. The van der Waals surface area contributed by atoms with Gasteiger partial charge in [0, 0.05) is 11.1 Å². The molecule has 2 atom stereocenters. The average Bonchev–Trinajstić information content (AvgIpc) is 2.74. The quantitative estimate of drug-likeness (QED) is 0.461. The lowest BCUT2D eigenvalue weighted by molar-refractivity contribution is 0.183. The Labute approximate surface area is 88.6 Å². The van der Waals surface area contributed by atoms with Crippen LogP contribution < -0.4 is 0 Å². The largest absolute Gasteiger partial charge is 0.379 e. The highest BCUT2D eigenvalue weighted by Gasteiger charge is 2.29. The molecule has 0 aliphatic carbocycles. The van der Waals surface area contributed by atoms with Gasteiger partial charge in [0.25, 0.3) is 0 Å². The number of hydrogen-bond acceptors (Lipinski definition) is 3. The second-order valence-corrected chi connectivity index (χ2v) is 3.93. The summed E-state index contributed by atoms with van der Waals surface area (Å²) in [5.74, 6) is 0. The second-order valence-electron chi connectivity index (χ2n) is 3.02. The van der Waals surface area contributed by atoms with Crippen LogP contribution in [0.4, 0.5) is 0 Å². The van der Waals surface area contributed by atoms with Gasteiger partial charge in [-0.25, -0.2) is 0 Å². The number of azide groups is 1. The molecule has 2 rings (SSSR count). The van der Waals surface area contributed by atoms with E-state index in [1.165, 1.54) is 0 Å². The maximum Gasteiger partial charge on any atom is 0.0859 e. The second kappa shape index (κ2) is 4.00. The number of rotatable bonds is 2. The molecule has 1 aliphatic heterocycles. The molecule has 0 bridgehead atoms. The van der Waals surface area contributed by atoms with E-state index in [4.69, 9.17) is 10.3 Å². The fourth-order valence-corrected chi connectivity index (χ4v) is 1.76. The minimum Gasteiger partial charge on any atom is -0.379 e. The fraction of sp³-hybridized carbons (Fsp3) is 0.571. The first kappa shape index (κ1) is 9.51. The maximum absolute atomic E-state index is 8.36. The Bertz CT molecular complexity index is 372. The molecular weight excluding hydrogens is 250 g/mol. The van der Waals surface area contributed by atoms with Crippen LogP contribution in [-0.2, 0) is 4.74 Å². The Kier molecular flexibility index (Phi) is 2.72. The third-order valence-corrected chi connectivity index (χ3v) is 2.54. The molecule has 0 N–H and O–H groups in total. The van der Waals surface area contributed by atoms with Crippen molar-refractivity contribution in [2.24, 2.45) is 5.11 Å². The van der Waals surface area contributed by atoms with E-state index in [0.717, 1.165) is 4.47 Å². The number of hydrogen-bond donors (Lipinski definition) is 0. The van der Waals surface area contributed by atoms with Crippen LogP contribution in [0.15, 0.2) is 22.0 Å². The molecular formula is C7H8BrN5O. The van der Waals surface area contributed by atoms with Crippen molar-refractivity contribution in [2.75, 3.05) is 13.2 Å².